The van der Waals surface area contributed by atoms with E-state index < -0.39 is 5.97 Å². The molecule has 4 rings (SSSR count). The molecule has 0 unspecified atom stereocenters. The average molecular weight is 412 g/mol. The van der Waals surface area contributed by atoms with Gasteiger partial charge in [0, 0.05) is 37.2 Å². The third-order valence-electron chi connectivity index (χ3n) is 5.30. The van der Waals surface area contributed by atoms with Crippen molar-refractivity contribution >= 4 is 23.6 Å². The summed E-state index contributed by atoms with van der Waals surface area (Å²) in [5.41, 5.74) is 2.34. The number of carbonyl (C=O) groups is 2. The molecule has 0 radical (unpaired) electrons. The monoisotopic (exact) mass is 412 g/mol. The number of aromatic nitrogens is 2. The van der Waals surface area contributed by atoms with E-state index in [-0.39, 0.29) is 24.5 Å². The molecule has 2 aromatic rings. The predicted octanol–water partition coefficient (Wildman–Crippen LogP) is 1.53. The summed E-state index contributed by atoms with van der Waals surface area (Å²) in [6.45, 7) is 2.97. The lowest BCUT2D eigenvalue weighted by molar-refractivity contribution is -0.141. The van der Waals surface area contributed by atoms with Crippen LogP contribution in [0.1, 0.15) is 18.4 Å². The molecule has 0 aliphatic carbocycles. The largest absolute Gasteiger partial charge is 0.508 e. The molecule has 1 amide bonds. The molecule has 1 saturated heterocycles. The summed E-state index contributed by atoms with van der Waals surface area (Å²) in [5.74, 6) is 0.659. The van der Waals surface area contributed by atoms with E-state index in [0.717, 1.165) is 11.1 Å². The van der Waals surface area contributed by atoms with Crippen LogP contribution in [0.4, 0.5) is 11.8 Å². The number of phenols is 1. The van der Waals surface area contributed by atoms with Crippen LogP contribution in [0, 0.1) is 0 Å². The normalized spacial score (nSPS) is 15.8. The molecule has 30 heavy (non-hydrogen) atoms. The van der Waals surface area contributed by atoms with E-state index in [2.05, 4.69) is 4.74 Å². The van der Waals surface area contributed by atoms with Crippen molar-refractivity contribution in [3.63, 3.8) is 0 Å². The SMILES string of the molecule is COC(=O)CCC(=O)N1CCc2c(-c3cccc(O)c3)nc(N3CCOCC3)nc21. The van der Waals surface area contributed by atoms with Gasteiger partial charge in [0.1, 0.15) is 11.6 Å². The number of amides is 1. The smallest absolute Gasteiger partial charge is 0.306 e. The minimum absolute atomic E-state index is 0.0297. The van der Waals surface area contributed by atoms with Gasteiger partial charge in [0.2, 0.25) is 11.9 Å². The first kappa shape index (κ1) is 20.1. The summed E-state index contributed by atoms with van der Waals surface area (Å²) in [6, 6.07) is 6.92. The topological polar surface area (TPSA) is 105 Å². The second kappa shape index (κ2) is 8.66. The maximum Gasteiger partial charge on any atom is 0.306 e. The van der Waals surface area contributed by atoms with Crippen molar-refractivity contribution in [3.8, 4) is 17.0 Å². The van der Waals surface area contributed by atoms with Gasteiger partial charge in [-0.05, 0) is 18.6 Å². The van der Waals surface area contributed by atoms with Crippen LogP contribution in [0.3, 0.4) is 0 Å². The standard InChI is InChI=1S/C21H24N4O5/c1-29-18(28)6-5-17(27)25-8-7-16-19(14-3-2-4-15(26)13-14)22-21(23-20(16)25)24-9-11-30-12-10-24/h2-4,13,26H,5-12H2,1H3. The van der Waals surface area contributed by atoms with Gasteiger partial charge in [0.15, 0.2) is 0 Å². The highest BCUT2D eigenvalue weighted by atomic mass is 16.5. The lowest BCUT2D eigenvalue weighted by Gasteiger charge is -2.28. The van der Waals surface area contributed by atoms with Gasteiger partial charge in [-0.25, -0.2) is 4.98 Å². The number of phenolic OH excluding ortho intramolecular Hbond substituents is 1. The Hall–Kier alpha value is -3.20. The van der Waals surface area contributed by atoms with Crippen LogP contribution in [-0.4, -0.2) is 66.9 Å². The molecular formula is C21H24N4O5. The minimum atomic E-state index is -0.417. The first-order valence-electron chi connectivity index (χ1n) is 9.97. The maximum absolute atomic E-state index is 12.8. The Morgan fingerprint density at radius 2 is 1.97 bits per heavy atom. The van der Waals surface area contributed by atoms with Crippen LogP contribution in [0.15, 0.2) is 24.3 Å². The van der Waals surface area contributed by atoms with Crippen LogP contribution < -0.4 is 9.80 Å². The van der Waals surface area contributed by atoms with Gasteiger partial charge in [-0.2, -0.15) is 4.98 Å². The fourth-order valence-electron chi connectivity index (χ4n) is 3.73. The second-order valence-electron chi connectivity index (χ2n) is 7.20. The molecule has 2 aliphatic heterocycles. The van der Waals surface area contributed by atoms with Crippen molar-refractivity contribution in [1.82, 2.24) is 9.97 Å². The summed E-state index contributed by atoms with van der Waals surface area (Å²) in [6.07, 6.45) is 0.695. The van der Waals surface area contributed by atoms with E-state index in [1.54, 1.807) is 23.1 Å². The van der Waals surface area contributed by atoms with Crippen LogP contribution >= 0.6 is 0 Å². The van der Waals surface area contributed by atoms with E-state index in [1.807, 2.05) is 11.0 Å². The molecule has 0 saturated carbocycles. The van der Waals surface area contributed by atoms with Crippen molar-refractivity contribution in [3.05, 3.63) is 29.8 Å². The van der Waals surface area contributed by atoms with E-state index in [4.69, 9.17) is 14.7 Å². The number of fused-ring (bicyclic) bond motifs is 1. The van der Waals surface area contributed by atoms with Crippen LogP contribution in [0.5, 0.6) is 5.75 Å². The van der Waals surface area contributed by atoms with Crippen molar-refractivity contribution < 1.29 is 24.2 Å². The summed E-state index contributed by atoms with van der Waals surface area (Å²) in [7, 11) is 1.31. The van der Waals surface area contributed by atoms with Crippen molar-refractivity contribution in [2.24, 2.45) is 0 Å². The summed E-state index contributed by atoms with van der Waals surface area (Å²) in [5, 5.41) is 9.95. The number of hydrogen-bond donors (Lipinski definition) is 1. The highest BCUT2D eigenvalue weighted by Gasteiger charge is 2.31. The lowest BCUT2D eigenvalue weighted by Crippen LogP contribution is -2.38. The molecule has 1 aromatic heterocycles. The number of hydrogen-bond acceptors (Lipinski definition) is 8. The van der Waals surface area contributed by atoms with Gasteiger partial charge in [0.05, 0.1) is 32.4 Å². The van der Waals surface area contributed by atoms with Crippen LogP contribution in [-0.2, 0) is 25.5 Å². The number of anilines is 2. The zero-order valence-corrected chi connectivity index (χ0v) is 16.8. The fraction of sp³-hybridized carbons (Fsp3) is 0.429. The summed E-state index contributed by atoms with van der Waals surface area (Å²) in [4.78, 5) is 37.4. The zero-order chi connectivity index (χ0) is 21.1. The third-order valence-corrected chi connectivity index (χ3v) is 5.30. The van der Waals surface area contributed by atoms with Crippen molar-refractivity contribution in [2.45, 2.75) is 19.3 Å². The van der Waals surface area contributed by atoms with Crippen molar-refractivity contribution in [2.75, 3.05) is 49.8 Å². The number of benzene rings is 1. The van der Waals surface area contributed by atoms with Gasteiger partial charge in [-0.3, -0.25) is 14.5 Å². The third kappa shape index (κ3) is 4.06. The van der Waals surface area contributed by atoms with Gasteiger partial charge < -0.3 is 19.5 Å². The molecule has 0 atom stereocenters. The number of morpholine rings is 1. The highest BCUT2D eigenvalue weighted by Crippen LogP contribution is 2.36. The van der Waals surface area contributed by atoms with Gasteiger partial charge in [0.25, 0.3) is 0 Å². The lowest BCUT2D eigenvalue weighted by atomic mass is 10.1. The van der Waals surface area contributed by atoms with E-state index in [9.17, 15) is 14.7 Å². The number of nitrogens with zero attached hydrogens (tertiary/aromatic N) is 4. The quantitative estimate of drug-likeness (QED) is 0.737. The van der Waals surface area contributed by atoms with E-state index in [1.165, 1.54) is 7.11 Å². The number of ether oxygens (including phenoxy) is 2. The summed E-state index contributed by atoms with van der Waals surface area (Å²) < 4.78 is 10.1. The molecular weight excluding hydrogens is 388 g/mol. The number of rotatable bonds is 5. The van der Waals surface area contributed by atoms with Gasteiger partial charge in [-0.15, -0.1) is 0 Å². The van der Waals surface area contributed by atoms with Crippen LogP contribution in [0.25, 0.3) is 11.3 Å². The summed E-state index contributed by atoms with van der Waals surface area (Å²) >= 11 is 0. The first-order valence-corrected chi connectivity index (χ1v) is 9.97. The molecule has 0 bridgehead atoms. The van der Waals surface area contributed by atoms with Crippen LogP contribution in [0.2, 0.25) is 0 Å². The molecule has 1 N–H and O–H groups in total. The molecule has 1 aromatic carbocycles. The molecule has 9 heteroatoms. The molecule has 1 fully saturated rings. The Balaban J connectivity index is 1.72. The Bertz CT molecular complexity index is 958. The number of methoxy groups -OCH3 is 1. The second-order valence-corrected chi connectivity index (χ2v) is 7.20. The Labute approximate surface area is 174 Å². The molecule has 9 nitrogen and oxygen atoms in total. The van der Waals surface area contributed by atoms with Gasteiger partial charge >= 0.3 is 5.97 Å². The molecule has 3 heterocycles. The average Bonchev–Trinajstić information content (AvgIpc) is 3.21. The number of carbonyl (C=O) groups excluding carboxylic acids is 2. The van der Waals surface area contributed by atoms with Crippen molar-refractivity contribution in [1.29, 1.82) is 0 Å². The number of aromatic hydroxyl groups is 1. The molecule has 158 valence electrons. The minimum Gasteiger partial charge on any atom is -0.508 e. The zero-order valence-electron chi connectivity index (χ0n) is 16.8. The Morgan fingerprint density at radius 3 is 2.70 bits per heavy atom. The van der Waals surface area contributed by atoms with E-state index in [0.29, 0.717) is 56.7 Å². The first-order chi connectivity index (χ1) is 14.6. The fourth-order valence-corrected chi connectivity index (χ4v) is 3.73. The predicted molar refractivity (Wildman–Crippen MR) is 109 cm³/mol. The number of esters is 1. The highest BCUT2D eigenvalue weighted by molar-refractivity contribution is 5.97. The molecule has 0 spiro atoms. The van der Waals surface area contributed by atoms with E-state index >= 15 is 0 Å². The Kier molecular flexibility index (Phi) is 5.80. The maximum atomic E-state index is 12.8. The molecule has 2 aliphatic rings. The van der Waals surface area contributed by atoms with Gasteiger partial charge in [-0.1, -0.05) is 12.1 Å². The Morgan fingerprint density at radius 1 is 1.17 bits per heavy atom.